The van der Waals surface area contributed by atoms with Crippen LogP contribution in [-0.4, -0.2) is 41.6 Å². The van der Waals surface area contributed by atoms with Gasteiger partial charge in [0, 0.05) is 13.0 Å². The molecule has 3 amide bonds. The van der Waals surface area contributed by atoms with Gasteiger partial charge in [-0.2, -0.15) is 0 Å². The molecule has 0 aliphatic carbocycles. The average Bonchev–Trinajstić information content (AvgIpc) is 2.70. The summed E-state index contributed by atoms with van der Waals surface area (Å²) in [7, 11) is 0. The number of rotatable bonds is 5. The van der Waals surface area contributed by atoms with Crippen molar-refractivity contribution in [2.24, 2.45) is 5.92 Å². The summed E-state index contributed by atoms with van der Waals surface area (Å²) in [5, 5.41) is 16.6. The smallest absolute Gasteiger partial charge is 0.326 e. The van der Waals surface area contributed by atoms with Crippen molar-refractivity contribution < 1.29 is 19.5 Å². The first-order valence-electron chi connectivity index (χ1n) is 6.00. The first-order valence-corrected chi connectivity index (χ1v) is 6.00. The summed E-state index contributed by atoms with van der Waals surface area (Å²) in [5.74, 6) is -1.33. The van der Waals surface area contributed by atoms with Crippen LogP contribution in [0, 0.1) is 5.92 Å². The minimum atomic E-state index is -1.06. The van der Waals surface area contributed by atoms with E-state index in [9.17, 15) is 14.4 Å². The van der Waals surface area contributed by atoms with Crippen LogP contribution >= 0.6 is 0 Å². The standard InChI is InChI=1S/C11H19N3O4/c1-3-6(2)9(10(16)17)14-11(18)13-7-4-8(15)12-5-7/h6-7,9H,3-5H2,1-2H3,(H,12,15)(H,16,17)(H2,13,14,18). The maximum absolute atomic E-state index is 11.6. The van der Waals surface area contributed by atoms with Crippen molar-refractivity contribution in [3.8, 4) is 0 Å². The van der Waals surface area contributed by atoms with Crippen LogP contribution in [0.1, 0.15) is 26.7 Å². The Hall–Kier alpha value is -1.79. The molecule has 0 bridgehead atoms. The van der Waals surface area contributed by atoms with E-state index in [4.69, 9.17) is 5.11 Å². The molecule has 1 aliphatic rings. The van der Waals surface area contributed by atoms with Gasteiger partial charge in [-0.1, -0.05) is 20.3 Å². The zero-order chi connectivity index (χ0) is 13.7. The number of hydrogen-bond donors (Lipinski definition) is 4. The van der Waals surface area contributed by atoms with Crippen molar-refractivity contribution in [2.45, 2.75) is 38.8 Å². The highest BCUT2D eigenvalue weighted by atomic mass is 16.4. The molecule has 1 rings (SSSR count). The fourth-order valence-electron chi connectivity index (χ4n) is 1.76. The van der Waals surface area contributed by atoms with Gasteiger partial charge in [0.1, 0.15) is 6.04 Å². The van der Waals surface area contributed by atoms with Gasteiger partial charge in [0.2, 0.25) is 5.91 Å². The lowest BCUT2D eigenvalue weighted by molar-refractivity contribution is -0.140. The summed E-state index contributed by atoms with van der Waals surface area (Å²) in [4.78, 5) is 33.6. The van der Waals surface area contributed by atoms with E-state index >= 15 is 0 Å². The Bertz CT molecular complexity index is 345. The van der Waals surface area contributed by atoms with Crippen LogP contribution in [0.4, 0.5) is 4.79 Å². The number of carbonyl (C=O) groups excluding carboxylic acids is 2. The Morgan fingerprint density at radius 1 is 1.56 bits per heavy atom. The predicted octanol–water partition coefficient (Wildman–Crippen LogP) is -0.327. The van der Waals surface area contributed by atoms with Crippen molar-refractivity contribution in [3.05, 3.63) is 0 Å². The zero-order valence-corrected chi connectivity index (χ0v) is 10.5. The molecule has 0 radical (unpaired) electrons. The molecule has 4 N–H and O–H groups in total. The Balaban J connectivity index is 2.46. The summed E-state index contributed by atoms with van der Waals surface area (Å²) in [6, 6.07) is -1.74. The van der Waals surface area contributed by atoms with Crippen molar-refractivity contribution >= 4 is 17.9 Å². The van der Waals surface area contributed by atoms with Gasteiger partial charge in [0.25, 0.3) is 0 Å². The molecule has 0 aromatic rings. The summed E-state index contributed by atoms with van der Waals surface area (Å²) in [5.41, 5.74) is 0. The molecule has 18 heavy (non-hydrogen) atoms. The number of nitrogens with one attached hydrogen (secondary N) is 3. The third kappa shape index (κ3) is 3.90. The lowest BCUT2D eigenvalue weighted by Gasteiger charge is -2.21. The van der Waals surface area contributed by atoms with Gasteiger partial charge in [-0.3, -0.25) is 4.79 Å². The van der Waals surface area contributed by atoms with Crippen LogP contribution in [0.25, 0.3) is 0 Å². The molecule has 7 heteroatoms. The van der Waals surface area contributed by atoms with Gasteiger partial charge in [0.15, 0.2) is 0 Å². The molecule has 3 atom stereocenters. The molecule has 1 fully saturated rings. The summed E-state index contributed by atoms with van der Waals surface area (Å²) >= 11 is 0. The van der Waals surface area contributed by atoms with Crippen molar-refractivity contribution in [3.63, 3.8) is 0 Å². The Labute approximate surface area is 105 Å². The third-order valence-corrected chi connectivity index (χ3v) is 3.08. The highest BCUT2D eigenvalue weighted by molar-refractivity contribution is 5.84. The van der Waals surface area contributed by atoms with Crippen molar-refractivity contribution in [2.75, 3.05) is 6.54 Å². The average molecular weight is 257 g/mol. The molecule has 1 heterocycles. The summed E-state index contributed by atoms with van der Waals surface area (Å²) in [6.07, 6.45) is 0.884. The summed E-state index contributed by atoms with van der Waals surface area (Å²) in [6.45, 7) is 4.01. The quantitative estimate of drug-likeness (QED) is 0.541. The topological polar surface area (TPSA) is 108 Å². The van der Waals surface area contributed by atoms with Gasteiger partial charge >= 0.3 is 12.0 Å². The van der Waals surface area contributed by atoms with Crippen LogP contribution < -0.4 is 16.0 Å². The molecular weight excluding hydrogens is 238 g/mol. The molecular formula is C11H19N3O4. The number of hydrogen-bond acceptors (Lipinski definition) is 3. The monoisotopic (exact) mass is 257 g/mol. The van der Waals surface area contributed by atoms with E-state index in [1.807, 2.05) is 6.92 Å². The van der Waals surface area contributed by atoms with Crippen LogP contribution in [0.3, 0.4) is 0 Å². The third-order valence-electron chi connectivity index (χ3n) is 3.08. The molecule has 1 aliphatic heterocycles. The van der Waals surface area contributed by atoms with Crippen LogP contribution in [0.2, 0.25) is 0 Å². The molecule has 7 nitrogen and oxygen atoms in total. The second kappa shape index (κ2) is 6.23. The number of amides is 3. The largest absolute Gasteiger partial charge is 0.480 e. The first kappa shape index (κ1) is 14.3. The SMILES string of the molecule is CCC(C)C(NC(=O)NC1CNC(=O)C1)C(=O)O. The van der Waals surface area contributed by atoms with Gasteiger partial charge in [-0.25, -0.2) is 9.59 Å². The van der Waals surface area contributed by atoms with Crippen LogP contribution in [-0.2, 0) is 9.59 Å². The molecule has 0 aromatic carbocycles. The number of carboxylic acids is 1. The van der Waals surface area contributed by atoms with Crippen molar-refractivity contribution in [1.29, 1.82) is 0 Å². The Morgan fingerprint density at radius 3 is 2.67 bits per heavy atom. The molecule has 0 aromatic heterocycles. The summed E-state index contributed by atoms with van der Waals surface area (Å²) < 4.78 is 0. The van der Waals surface area contributed by atoms with Gasteiger partial charge in [0.05, 0.1) is 6.04 Å². The lowest BCUT2D eigenvalue weighted by Crippen LogP contribution is -2.51. The van der Waals surface area contributed by atoms with E-state index in [0.29, 0.717) is 13.0 Å². The maximum Gasteiger partial charge on any atom is 0.326 e. The number of carbonyl (C=O) groups is 3. The predicted molar refractivity (Wildman–Crippen MR) is 64.0 cm³/mol. The van der Waals surface area contributed by atoms with E-state index in [1.165, 1.54) is 0 Å². The molecule has 0 saturated carbocycles. The van der Waals surface area contributed by atoms with Gasteiger partial charge in [-0.05, 0) is 5.92 Å². The minimum absolute atomic E-state index is 0.114. The second-order valence-corrected chi connectivity index (χ2v) is 4.52. The number of aliphatic carboxylic acids is 1. The zero-order valence-electron chi connectivity index (χ0n) is 10.5. The fraction of sp³-hybridized carbons (Fsp3) is 0.727. The molecule has 102 valence electrons. The van der Waals surface area contributed by atoms with Crippen LogP contribution in [0.15, 0.2) is 0 Å². The lowest BCUT2D eigenvalue weighted by atomic mass is 9.99. The van der Waals surface area contributed by atoms with E-state index in [2.05, 4.69) is 16.0 Å². The second-order valence-electron chi connectivity index (χ2n) is 4.52. The minimum Gasteiger partial charge on any atom is -0.480 e. The highest BCUT2D eigenvalue weighted by Crippen LogP contribution is 2.08. The molecule has 1 saturated heterocycles. The molecule has 3 unspecified atom stereocenters. The van der Waals surface area contributed by atoms with E-state index in [-0.39, 0.29) is 24.3 Å². The maximum atomic E-state index is 11.6. The van der Waals surface area contributed by atoms with Crippen LogP contribution in [0.5, 0.6) is 0 Å². The fourth-order valence-corrected chi connectivity index (χ4v) is 1.76. The van der Waals surface area contributed by atoms with E-state index < -0.39 is 18.0 Å². The van der Waals surface area contributed by atoms with Gasteiger partial charge < -0.3 is 21.1 Å². The Morgan fingerprint density at radius 2 is 2.22 bits per heavy atom. The van der Waals surface area contributed by atoms with E-state index in [1.54, 1.807) is 6.92 Å². The van der Waals surface area contributed by atoms with Gasteiger partial charge in [-0.15, -0.1) is 0 Å². The van der Waals surface area contributed by atoms with Crippen molar-refractivity contribution in [1.82, 2.24) is 16.0 Å². The first-order chi connectivity index (χ1) is 8.43. The normalized spacial score (nSPS) is 21.9. The highest BCUT2D eigenvalue weighted by Gasteiger charge is 2.28. The Kier molecular flexibility index (Phi) is 4.94. The molecule has 0 spiro atoms. The number of carboxylic acid groups (broad SMARTS) is 1. The van der Waals surface area contributed by atoms with E-state index in [0.717, 1.165) is 0 Å². The number of urea groups is 1.